The second-order valence-corrected chi connectivity index (χ2v) is 15.8. The average Bonchev–Trinajstić information content (AvgIpc) is 2.72. The zero-order chi connectivity index (χ0) is 24.9. The van der Waals surface area contributed by atoms with E-state index >= 15 is 0 Å². The molecule has 192 valence electrons. The van der Waals surface area contributed by atoms with Gasteiger partial charge in [0.1, 0.15) is 6.10 Å². The molecule has 8 atom stereocenters. The van der Waals surface area contributed by atoms with Crippen molar-refractivity contribution in [2.45, 2.75) is 133 Å². The van der Waals surface area contributed by atoms with Gasteiger partial charge in [0.25, 0.3) is 0 Å². The van der Waals surface area contributed by atoms with Gasteiger partial charge in [-0.3, -0.25) is 4.79 Å². The summed E-state index contributed by atoms with van der Waals surface area (Å²) in [5, 5.41) is 0. The maximum absolute atomic E-state index is 11.9. The first kappa shape index (κ1) is 24.9. The lowest BCUT2D eigenvalue weighted by Crippen LogP contribution is -2.64. The van der Waals surface area contributed by atoms with Gasteiger partial charge in [-0.2, -0.15) is 0 Å². The van der Waals surface area contributed by atoms with Crippen LogP contribution in [0.25, 0.3) is 0 Å². The highest BCUT2D eigenvalue weighted by molar-refractivity contribution is 5.66. The first-order valence-corrected chi connectivity index (χ1v) is 14.5. The van der Waals surface area contributed by atoms with Crippen molar-refractivity contribution in [3.05, 3.63) is 11.6 Å². The Balaban J connectivity index is 1.53. The summed E-state index contributed by atoms with van der Waals surface area (Å²) in [7, 11) is 0. The first-order valence-electron chi connectivity index (χ1n) is 14.5. The van der Waals surface area contributed by atoms with Crippen molar-refractivity contribution in [1.29, 1.82) is 0 Å². The Labute approximate surface area is 210 Å². The van der Waals surface area contributed by atoms with E-state index in [-0.39, 0.29) is 17.5 Å². The maximum atomic E-state index is 11.9. The van der Waals surface area contributed by atoms with Crippen molar-refractivity contribution in [3.63, 3.8) is 0 Å². The molecular formula is C32H52O2. The molecule has 5 aliphatic carbocycles. The lowest BCUT2D eigenvalue weighted by Gasteiger charge is -2.71. The van der Waals surface area contributed by atoms with E-state index in [1.807, 2.05) is 5.57 Å². The van der Waals surface area contributed by atoms with Crippen molar-refractivity contribution in [1.82, 2.24) is 0 Å². The van der Waals surface area contributed by atoms with Gasteiger partial charge in [-0.05, 0) is 109 Å². The number of carbonyl (C=O) groups is 1. The molecule has 4 unspecified atom stereocenters. The third-order valence-corrected chi connectivity index (χ3v) is 13.3. The molecular weight excluding hydrogens is 416 g/mol. The standard InChI is InChI=1S/C32H52O2/c1-21(33)34-26-13-14-30(7)24(28(26,4)5)12-15-32(9)25(30)11-10-22-23-20-27(2,3)16-17-29(23,6)18-19-31(22,32)8/h10,23-26H,11-20H2,1-9H3/t23?,24?,25?,26-,29+,30-,31?,32+/m0/s1. The zero-order valence-electron chi connectivity index (χ0n) is 23.8. The summed E-state index contributed by atoms with van der Waals surface area (Å²) < 4.78 is 5.91. The molecule has 0 radical (unpaired) electrons. The molecule has 0 saturated heterocycles. The van der Waals surface area contributed by atoms with Crippen LogP contribution in [-0.4, -0.2) is 12.1 Å². The van der Waals surface area contributed by atoms with Crippen LogP contribution in [0, 0.1) is 50.2 Å². The maximum Gasteiger partial charge on any atom is 0.302 e. The summed E-state index contributed by atoms with van der Waals surface area (Å²) in [6, 6.07) is 0. The lowest BCUT2D eigenvalue weighted by molar-refractivity contribution is -0.211. The van der Waals surface area contributed by atoms with Crippen LogP contribution in [0.1, 0.15) is 127 Å². The van der Waals surface area contributed by atoms with Gasteiger partial charge >= 0.3 is 5.97 Å². The van der Waals surface area contributed by atoms with Gasteiger partial charge in [-0.1, -0.05) is 67.0 Å². The van der Waals surface area contributed by atoms with Crippen LogP contribution in [0.4, 0.5) is 0 Å². The van der Waals surface area contributed by atoms with Crippen LogP contribution in [0.3, 0.4) is 0 Å². The Hall–Kier alpha value is -0.790. The monoisotopic (exact) mass is 468 g/mol. The van der Waals surface area contributed by atoms with Gasteiger partial charge in [0.15, 0.2) is 0 Å². The van der Waals surface area contributed by atoms with E-state index in [9.17, 15) is 4.79 Å². The molecule has 0 aromatic carbocycles. The third-order valence-electron chi connectivity index (χ3n) is 13.3. The van der Waals surface area contributed by atoms with Gasteiger partial charge in [-0.15, -0.1) is 0 Å². The van der Waals surface area contributed by atoms with Crippen molar-refractivity contribution >= 4 is 5.97 Å². The molecule has 2 nitrogen and oxygen atoms in total. The molecule has 0 aromatic heterocycles. The van der Waals surface area contributed by atoms with Gasteiger partial charge in [0.05, 0.1) is 0 Å². The SMILES string of the molecule is CC(=O)O[C@H]1CC[C@@]2(C)C(CC[C@]3(C)C2CC=C2C4CC(C)(C)CC[C@]4(C)CCC23C)C1(C)C. The molecule has 4 saturated carbocycles. The van der Waals surface area contributed by atoms with Crippen LogP contribution in [0.2, 0.25) is 0 Å². The number of esters is 1. The van der Waals surface area contributed by atoms with E-state index in [0.29, 0.717) is 33.0 Å². The van der Waals surface area contributed by atoms with Crippen molar-refractivity contribution in [2.75, 3.05) is 0 Å². The number of hydrogen-bond donors (Lipinski definition) is 0. The predicted molar refractivity (Wildman–Crippen MR) is 140 cm³/mol. The summed E-state index contributed by atoms with van der Waals surface area (Å²) in [5.74, 6) is 2.01. The average molecular weight is 469 g/mol. The van der Waals surface area contributed by atoms with E-state index in [1.165, 1.54) is 57.8 Å². The highest BCUT2D eigenvalue weighted by Crippen LogP contribution is 2.75. The molecule has 0 aliphatic heterocycles. The Kier molecular flexibility index (Phi) is 5.40. The van der Waals surface area contributed by atoms with Gasteiger partial charge in [0, 0.05) is 12.3 Å². The van der Waals surface area contributed by atoms with Crippen LogP contribution in [0.15, 0.2) is 11.6 Å². The van der Waals surface area contributed by atoms with E-state index in [2.05, 4.69) is 61.5 Å². The Bertz CT molecular complexity index is 897. The lowest BCUT2D eigenvalue weighted by atomic mass is 9.33. The van der Waals surface area contributed by atoms with Crippen molar-refractivity contribution in [2.24, 2.45) is 50.2 Å². The number of allylic oxidation sites excluding steroid dienone is 2. The molecule has 4 fully saturated rings. The van der Waals surface area contributed by atoms with E-state index < -0.39 is 0 Å². The van der Waals surface area contributed by atoms with Crippen LogP contribution in [0.5, 0.6) is 0 Å². The number of ether oxygens (including phenoxy) is 1. The summed E-state index contributed by atoms with van der Waals surface area (Å²) in [6.45, 7) is 22.0. The number of carbonyl (C=O) groups excluding carboxylic acids is 1. The molecule has 5 rings (SSSR count). The number of rotatable bonds is 1. The molecule has 0 spiro atoms. The fourth-order valence-electron chi connectivity index (χ4n) is 10.9. The minimum Gasteiger partial charge on any atom is -0.462 e. The fraction of sp³-hybridized carbons (Fsp3) is 0.906. The van der Waals surface area contributed by atoms with Gasteiger partial charge in [0.2, 0.25) is 0 Å². The second-order valence-electron chi connectivity index (χ2n) is 15.8. The predicted octanol–water partition coefficient (Wildman–Crippen LogP) is 8.74. The highest BCUT2D eigenvalue weighted by atomic mass is 16.5. The first-order chi connectivity index (χ1) is 15.6. The summed E-state index contributed by atoms with van der Waals surface area (Å²) in [5.41, 5.74) is 3.92. The molecule has 0 heterocycles. The Morgan fingerprint density at radius 2 is 1.53 bits per heavy atom. The largest absolute Gasteiger partial charge is 0.462 e. The van der Waals surface area contributed by atoms with E-state index in [1.54, 1.807) is 6.92 Å². The summed E-state index contributed by atoms with van der Waals surface area (Å²) in [6.07, 6.45) is 15.9. The highest BCUT2D eigenvalue weighted by Gasteiger charge is 2.68. The smallest absolute Gasteiger partial charge is 0.302 e. The summed E-state index contributed by atoms with van der Waals surface area (Å²) in [4.78, 5) is 11.9. The van der Waals surface area contributed by atoms with E-state index in [0.717, 1.165) is 18.3 Å². The third kappa shape index (κ3) is 3.21. The normalized spacial score (nSPS) is 51.1. The molecule has 0 N–H and O–H groups in total. The Morgan fingerprint density at radius 3 is 2.21 bits per heavy atom. The molecule has 2 heteroatoms. The zero-order valence-corrected chi connectivity index (χ0v) is 23.8. The van der Waals surface area contributed by atoms with Crippen molar-refractivity contribution in [3.8, 4) is 0 Å². The second kappa shape index (κ2) is 7.38. The number of fused-ring (bicyclic) bond motifs is 7. The van der Waals surface area contributed by atoms with Crippen LogP contribution >= 0.6 is 0 Å². The van der Waals surface area contributed by atoms with Gasteiger partial charge < -0.3 is 4.74 Å². The van der Waals surface area contributed by atoms with Crippen LogP contribution in [-0.2, 0) is 9.53 Å². The molecule has 0 amide bonds. The molecule has 0 aromatic rings. The topological polar surface area (TPSA) is 26.3 Å². The van der Waals surface area contributed by atoms with Crippen molar-refractivity contribution < 1.29 is 9.53 Å². The molecule has 34 heavy (non-hydrogen) atoms. The minimum absolute atomic E-state index is 0.0451. The number of hydrogen-bond acceptors (Lipinski definition) is 2. The summed E-state index contributed by atoms with van der Waals surface area (Å²) >= 11 is 0. The van der Waals surface area contributed by atoms with Crippen LogP contribution < -0.4 is 0 Å². The Morgan fingerprint density at radius 1 is 0.853 bits per heavy atom. The molecule has 5 aliphatic rings. The fourth-order valence-corrected chi connectivity index (χ4v) is 10.9. The minimum atomic E-state index is -0.110. The quantitative estimate of drug-likeness (QED) is 0.284. The van der Waals surface area contributed by atoms with Gasteiger partial charge in [-0.25, -0.2) is 0 Å². The van der Waals surface area contributed by atoms with E-state index in [4.69, 9.17) is 4.74 Å². The molecule has 0 bridgehead atoms.